The first kappa shape index (κ1) is 19.3. The van der Waals surface area contributed by atoms with Crippen LogP contribution in [0.5, 0.6) is 5.75 Å². The first-order valence-corrected chi connectivity index (χ1v) is 8.83. The average Bonchev–Trinajstić information content (AvgIpc) is 3.03. The van der Waals surface area contributed by atoms with E-state index in [1.807, 2.05) is 0 Å². The minimum absolute atomic E-state index is 0.0976. The third kappa shape index (κ3) is 5.20. The number of thioether (sulfide) groups is 1. The third-order valence-corrected chi connectivity index (χ3v) is 5.03. The Hall–Kier alpha value is -2.07. The quantitative estimate of drug-likeness (QED) is 0.503. The van der Waals surface area contributed by atoms with Gasteiger partial charge in [-0.05, 0) is 24.3 Å². The molecule has 10 heteroatoms. The highest BCUT2D eigenvalue weighted by Gasteiger charge is 2.19. The lowest BCUT2D eigenvalue weighted by molar-refractivity contribution is -0.115. The van der Waals surface area contributed by atoms with Crippen molar-refractivity contribution >= 4 is 39.8 Å². The van der Waals surface area contributed by atoms with Crippen LogP contribution in [0.25, 0.3) is 0 Å². The van der Waals surface area contributed by atoms with Crippen molar-refractivity contribution in [3.8, 4) is 5.75 Å². The number of carbonyl (C=O) groups is 1. The van der Waals surface area contributed by atoms with Gasteiger partial charge in [-0.1, -0.05) is 23.1 Å². The summed E-state index contributed by atoms with van der Waals surface area (Å²) in [5.74, 6) is -0.941. The maximum atomic E-state index is 12.8. The van der Waals surface area contributed by atoms with Crippen LogP contribution in [0, 0.1) is 0 Å². The van der Waals surface area contributed by atoms with Gasteiger partial charge in [-0.3, -0.25) is 9.69 Å². The summed E-state index contributed by atoms with van der Waals surface area (Å²) in [4.78, 5) is 13.4. The largest absolute Gasteiger partial charge is 0.497 e. The number of nitrogens with zero attached hydrogens (tertiary/aromatic N) is 3. The molecule has 0 spiro atoms. The molecule has 25 heavy (non-hydrogen) atoms. The van der Waals surface area contributed by atoms with Crippen molar-refractivity contribution < 1.29 is 22.7 Å². The highest BCUT2D eigenvalue weighted by molar-refractivity contribution is 8.01. The molecular formula is C15H14F3N3O2S2. The van der Waals surface area contributed by atoms with Gasteiger partial charge in [0.1, 0.15) is 5.75 Å². The van der Waals surface area contributed by atoms with Crippen LogP contribution in [0.3, 0.4) is 0 Å². The number of benzene rings is 1. The second-order valence-electron chi connectivity index (χ2n) is 4.67. The third-order valence-electron chi connectivity index (χ3n) is 2.98. The maximum Gasteiger partial charge on any atom is 0.301 e. The molecule has 0 saturated heterocycles. The van der Waals surface area contributed by atoms with E-state index in [2.05, 4.69) is 10.2 Å². The van der Waals surface area contributed by atoms with Crippen molar-refractivity contribution in [3.05, 3.63) is 36.2 Å². The van der Waals surface area contributed by atoms with Crippen molar-refractivity contribution in [3.63, 3.8) is 0 Å². The lowest BCUT2D eigenvalue weighted by atomic mass is 10.3. The highest BCUT2D eigenvalue weighted by atomic mass is 32.2. The molecule has 0 saturated carbocycles. The number of hydrogen-bond donors (Lipinski definition) is 0. The number of ether oxygens (including phenoxy) is 1. The molecule has 0 aliphatic heterocycles. The number of methoxy groups -OCH3 is 1. The molecule has 2 rings (SSSR count). The van der Waals surface area contributed by atoms with Crippen molar-refractivity contribution in [2.75, 3.05) is 17.8 Å². The van der Waals surface area contributed by atoms with E-state index in [0.717, 1.165) is 23.1 Å². The summed E-state index contributed by atoms with van der Waals surface area (Å²) in [6, 6.07) is 6.84. The Bertz CT molecular complexity index is 762. The zero-order valence-electron chi connectivity index (χ0n) is 13.3. The number of halogens is 3. The van der Waals surface area contributed by atoms with E-state index in [-0.39, 0.29) is 11.7 Å². The molecular weight excluding hydrogens is 375 g/mol. The first-order chi connectivity index (χ1) is 11.9. The van der Waals surface area contributed by atoms with Gasteiger partial charge in [0.2, 0.25) is 11.0 Å². The van der Waals surface area contributed by atoms with E-state index in [1.54, 1.807) is 31.4 Å². The molecule has 0 bridgehead atoms. The molecule has 0 fully saturated rings. The van der Waals surface area contributed by atoms with Crippen LogP contribution in [0.15, 0.2) is 40.5 Å². The van der Waals surface area contributed by atoms with Gasteiger partial charge in [0.15, 0.2) is 10.2 Å². The van der Waals surface area contributed by atoms with E-state index in [1.165, 1.54) is 11.8 Å². The summed E-state index contributed by atoms with van der Waals surface area (Å²) in [6.45, 7) is 1.39. The second kappa shape index (κ2) is 8.86. The van der Waals surface area contributed by atoms with Crippen LogP contribution in [-0.4, -0.2) is 29.0 Å². The summed E-state index contributed by atoms with van der Waals surface area (Å²) < 4.78 is 42.3. The standard InChI is InChI=1S/C15H14F3N3O2S2/c1-9(22)21(10-3-5-11(23-2)6-4-10)14-19-20-15(25-14)24-8-7-12(16)13(17)18/h3-6H,7-8H2,1-2H3. The molecule has 1 amide bonds. The lowest BCUT2D eigenvalue weighted by Gasteiger charge is -2.17. The number of amides is 1. The van der Waals surface area contributed by atoms with Gasteiger partial charge >= 0.3 is 6.08 Å². The fraction of sp³-hybridized carbons (Fsp3) is 0.267. The minimum atomic E-state index is -2.30. The molecule has 1 aromatic heterocycles. The monoisotopic (exact) mass is 389 g/mol. The number of carbonyl (C=O) groups excluding carboxylic acids is 1. The molecule has 0 aliphatic carbocycles. The zero-order chi connectivity index (χ0) is 18.4. The van der Waals surface area contributed by atoms with Crippen molar-refractivity contribution in [1.29, 1.82) is 0 Å². The van der Waals surface area contributed by atoms with Crippen LogP contribution < -0.4 is 9.64 Å². The topological polar surface area (TPSA) is 55.3 Å². The van der Waals surface area contributed by atoms with E-state index in [9.17, 15) is 18.0 Å². The Labute approximate surface area is 150 Å². The molecule has 5 nitrogen and oxygen atoms in total. The molecule has 0 unspecified atom stereocenters. The van der Waals surface area contributed by atoms with Gasteiger partial charge in [-0.2, -0.15) is 8.78 Å². The summed E-state index contributed by atoms with van der Waals surface area (Å²) in [5.41, 5.74) is 0.592. The fourth-order valence-corrected chi connectivity index (χ4v) is 3.74. The Kier molecular flexibility index (Phi) is 6.82. The second-order valence-corrected chi connectivity index (χ2v) is 6.96. The Morgan fingerprint density at radius 3 is 2.48 bits per heavy atom. The van der Waals surface area contributed by atoms with Crippen molar-refractivity contribution in [1.82, 2.24) is 10.2 Å². The van der Waals surface area contributed by atoms with Crippen LogP contribution >= 0.6 is 23.1 Å². The average molecular weight is 389 g/mol. The van der Waals surface area contributed by atoms with E-state index >= 15 is 0 Å². The zero-order valence-corrected chi connectivity index (χ0v) is 15.0. The molecule has 2 aromatic rings. The Morgan fingerprint density at radius 1 is 1.24 bits per heavy atom. The van der Waals surface area contributed by atoms with Gasteiger partial charge < -0.3 is 4.74 Å². The van der Waals surface area contributed by atoms with E-state index < -0.39 is 18.3 Å². The predicted octanol–water partition coefficient (Wildman–Crippen LogP) is 4.79. The summed E-state index contributed by atoms with van der Waals surface area (Å²) in [7, 11) is 1.54. The number of rotatable bonds is 7. The molecule has 0 atom stereocenters. The minimum Gasteiger partial charge on any atom is -0.497 e. The van der Waals surface area contributed by atoms with Crippen LogP contribution in [0.1, 0.15) is 13.3 Å². The molecule has 1 heterocycles. The maximum absolute atomic E-state index is 12.8. The normalized spacial score (nSPS) is 10.4. The lowest BCUT2D eigenvalue weighted by Crippen LogP contribution is -2.22. The smallest absolute Gasteiger partial charge is 0.301 e. The Morgan fingerprint density at radius 2 is 1.92 bits per heavy atom. The predicted molar refractivity (Wildman–Crippen MR) is 91.4 cm³/mol. The van der Waals surface area contributed by atoms with Crippen molar-refractivity contribution in [2.45, 2.75) is 17.7 Å². The van der Waals surface area contributed by atoms with Gasteiger partial charge in [-0.25, -0.2) is 4.39 Å². The molecule has 0 aliphatic rings. The number of anilines is 2. The van der Waals surface area contributed by atoms with Crippen LogP contribution in [0.4, 0.5) is 24.0 Å². The summed E-state index contributed by atoms with van der Waals surface area (Å²) in [6.07, 6.45) is -2.70. The number of aromatic nitrogens is 2. The molecule has 0 radical (unpaired) electrons. The summed E-state index contributed by atoms with van der Waals surface area (Å²) in [5, 5.41) is 8.21. The number of allylic oxidation sites excluding steroid dienone is 1. The molecule has 134 valence electrons. The number of hydrogen-bond acceptors (Lipinski definition) is 6. The SMILES string of the molecule is COc1ccc(N(C(C)=O)c2nnc(SCCC(F)=C(F)F)s2)cc1. The van der Waals surface area contributed by atoms with Gasteiger partial charge in [0.05, 0.1) is 12.8 Å². The van der Waals surface area contributed by atoms with Gasteiger partial charge in [0.25, 0.3) is 0 Å². The Balaban J connectivity index is 2.11. The fourth-order valence-electron chi connectivity index (χ4n) is 1.83. The molecule has 1 aromatic carbocycles. The van der Waals surface area contributed by atoms with Crippen LogP contribution in [-0.2, 0) is 4.79 Å². The van der Waals surface area contributed by atoms with Gasteiger partial charge in [0, 0.05) is 19.1 Å². The summed E-state index contributed by atoms with van der Waals surface area (Å²) >= 11 is 2.22. The van der Waals surface area contributed by atoms with Crippen LogP contribution in [0.2, 0.25) is 0 Å². The molecule has 0 N–H and O–H groups in total. The van der Waals surface area contributed by atoms with Gasteiger partial charge in [-0.15, -0.1) is 10.2 Å². The highest BCUT2D eigenvalue weighted by Crippen LogP contribution is 2.34. The van der Waals surface area contributed by atoms with Crippen molar-refractivity contribution in [2.24, 2.45) is 0 Å². The first-order valence-electron chi connectivity index (χ1n) is 7.03. The van der Waals surface area contributed by atoms with E-state index in [4.69, 9.17) is 4.74 Å². The van der Waals surface area contributed by atoms with E-state index in [0.29, 0.717) is 20.9 Å².